The lowest BCUT2D eigenvalue weighted by Crippen LogP contribution is -2.41. The fourth-order valence-electron chi connectivity index (χ4n) is 2.74. The summed E-state index contributed by atoms with van der Waals surface area (Å²) >= 11 is 0. The van der Waals surface area contributed by atoms with Crippen LogP contribution in [0.5, 0.6) is 0 Å². The van der Waals surface area contributed by atoms with E-state index in [4.69, 9.17) is 0 Å². The van der Waals surface area contributed by atoms with Crippen LogP contribution in [0.4, 0.5) is 22.4 Å². The van der Waals surface area contributed by atoms with Crippen LogP contribution in [-0.2, 0) is 16.9 Å². The van der Waals surface area contributed by atoms with E-state index in [-0.39, 0.29) is 11.1 Å². The van der Waals surface area contributed by atoms with Crippen molar-refractivity contribution in [3.05, 3.63) is 70.8 Å². The van der Waals surface area contributed by atoms with Gasteiger partial charge in [-0.15, -0.1) is 0 Å². The molecule has 1 fully saturated rings. The van der Waals surface area contributed by atoms with Crippen LogP contribution in [0.2, 0.25) is 0 Å². The minimum Gasteiger partial charge on any atom is -0.319 e. The zero-order chi connectivity index (χ0) is 18.4. The Morgan fingerprint density at radius 2 is 1.76 bits per heavy atom. The Hall–Kier alpha value is -2.90. The highest BCUT2D eigenvalue weighted by molar-refractivity contribution is 6.07. The van der Waals surface area contributed by atoms with Crippen molar-refractivity contribution in [2.75, 3.05) is 0 Å². The van der Waals surface area contributed by atoms with Gasteiger partial charge in [-0.3, -0.25) is 9.69 Å². The summed E-state index contributed by atoms with van der Waals surface area (Å²) < 4.78 is 54.6. The van der Waals surface area contributed by atoms with Gasteiger partial charge in [-0.25, -0.2) is 22.4 Å². The van der Waals surface area contributed by atoms with Crippen molar-refractivity contribution < 1.29 is 27.2 Å². The molecule has 0 saturated carbocycles. The number of nitrogens with zero attached hydrogens (tertiary/aromatic N) is 1. The standard InChI is InChI=1S/C17H12F4N2O2/c1-17(11-7-10(18)5-6-12(11)19)15(24)23(16(25)22-17)8-9-3-2-4-13(20)14(9)21/h2-7H,8H2,1H3,(H,22,25). The fraction of sp³-hybridized carbons (Fsp3) is 0.176. The second-order valence-corrected chi connectivity index (χ2v) is 5.78. The Kier molecular flexibility index (Phi) is 3.98. The van der Waals surface area contributed by atoms with Gasteiger partial charge in [0, 0.05) is 11.1 Å². The van der Waals surface area contributed by atoms with Gasteiger partial charge in [0.2, 0.25) is 0 Å². The molecule has 25 heavy (non-hydrogen) atoms. The molecule has 1 N–H and O–H groups in total. The number of nitrogens with one attached hydrogen (secondary N) is 1. The Morgan fingerprint density at radius 3 is 2.48 bits per heavy atom. The van der Waals surface area contributed by atoms with Gasteiger partial charge in [0.25, 0.3) is 5.91 Å². The molecular weight excluding hydrogens is 340 g/mol. The van der Waals surface area contributed by atoms with E-state index in [0.717, 1.165) is 24.3 Å². The van der Waals surface area contributed by atoms with E-state index in [1.807, 2.05) is 0 Å². The van der Waals surface area contributed by atoms with E-state index in [1.54, 1.807) is 0 Å². The molecule has 0 bridgehead atoms. The molecule has 8 heteroatoms. The number of hydrogen-bond acceptors (Lipinski definition) is 2. The Balaban J connectivity index is 1.97. The third-order valence-electron chi connectivity index (χ3n) is 4.10. The summed E-state index contributed by atoms with van der Waals surface area (Å²) in [5.74, 6) is -4.87. The molecule has 0 aromatic heterocycles. The van der Waals surface area contributed by atoms with E-state index in [2.05, 4.69) is 5.32 Å². The molecular formula is C17H12F4N2O2. The molecule has 0 aliphatic carbocycles. The normalized spacial score (nSPS) is 20.1. The van der Waals surface area contributed by atoms with Crippen LogP contribution >= 0.6 is 0 Å². The molecule has 1 atom stereocenters. The molecule has 1 unspecified atom stereocenters. The van der Waals surface area contributed by atoms with Crippen LogP contribution in [0, 0.1) is 23.3 Å². The van der Waals surface area contributed by atoms with Crippen LogP contribution in [0.3, 0.4) is 0 Å². The molecule has 1 heterocycles. The van der Waals surface area contributed by atoms with Gasteiger partial charge in [0.15, 0.2) is 11.6 Å². The molecule has 0 spiro atoms. The Labute approximate surface area is 140 Å². The van der Waals surface area contributed by atoms with Gasteiger partial charge in [-0.05, 0) is 31.2 Å². The maximum atomic E-state index is 14.0. The van der Waals surface area contributed by atoms with Gasteiger partial charge >= 0.3 is 6.03 Å². The van der Waals surface area contributed by atoms with Gasteiger partial charge in [0.1, 0.15) is 17.2 Å². The number of rotatable bonds is 3. The smallest absolute Gasteiger partial charge is 0.319 e. The first-order valence-electron chi connectivity index (χ1n) is 7.26. The first-order chi connectivity index (χ1) is 11.7. The van der Waals surface area contributed by atoms with Gasteiger partial charge in [0.05, 0.1) is 6.54 Å². The molecule has 2 aromatic carbocycles. The van der Waals surface area contributed by atoms with Crippen LogP contribution < -0.4 is 5.32 Å². The molecule has 1 saturated heterocycles. The highest BCUT2D eigenvalue weighted by Crippen LogP contribution is 2.32. The molecule has 0 radical (unpaired) electrons. The minimum atomic E-state index is -1.85. The summed E-state index contributed by atoms with van der Waals surface area (Å²) in [4.78, 5) is 25.4. The lowest BCUT2D eigenvalue weighted by atomic mass is 9.91. The average Bonchev–Trinajstić information content (AvgIpc) is 2.78. The maximum Gasteiger partial charge on any atom is 0.325 e. The minimum absolute atomic E-state index is 0.215. The van der Waals surface area contributed by atoms with Gasteiger partial charge in [-0.2, -0.15) is 0 Å². The largest absolute Gasteiger partial charge is 0.325 e. The van der Waals surface area contributed by atoms with Crippen molar-refractivity contribution in [2.24, 2.45) is 0 Å². The third-order valence-corrected chi connectivity index (χ3v) is 4.10. The number of benzene rings is 2. The molecule has 3 amide bonds. The predicted octanol–water partition coefficient (Wildman–Crippen LogP) is 3.21. The first kappa shape index (κ1) is 16.9. The quantitative estimate of drug-likeness (QED) is 0.681. The Bertz CT molecular complexity index is 887. The van der Waals surface area contributed by atoms with E-state index in [1.165, 1.54) is 19.1 Å². The van der Waals surface area contributed by atoms with Gasteiger partial charge in [-0.1, -0.05) is 12.1 Å². The zero-order valence-corrected chi connectivity index (χ0v) is 12.9. The molecule has 2 aromatic rings. The number of halogens is 4. The summed E-state index contributed by atoms with van der Waals surface area (Å²) in [7, 11) is 0. The van der Waals surface area contributed by atoms with Crippen LogP contribution in [0.25, 0.3) is 0 Å². The lowest BCUT2D eigenvalue weighted by molar-refractivity contribution is -0.131. The summed E-state index contributed by atoms with van der Waals surface area (Å²) in [6.07, 6.45) is 0. The highest BCUT2D eigenvalue weighted by atomic mass is 19.2. The van der Waals surface area contributed by atoms with Crippen molar-refractivity contribution in [1.29, 1.82) is 0 Å². The molecule has 3 rings (SSSR count). The number of amides is 3. The maximum absolute atomic E-state index is 14.0. The average molecular weight is 352 g/mol. The van der Waals surface area contributed by atoms with E-state index in [0.29, 0.717) is 4.90 Å². The number of carbonyl (C=O) groups excluding carboxylic acids is 2. The third kappa shape index (κ3) is 2.73. The van der Waals surface area contributed by atoms with Crippen LogP contribution in [-0.4, -0.2) is 16.8 Å². The number of imide groups is 1. The molecule has 1 aliphatic heterocycles. The summed E-state index contributed by atoms with van der Waals surface area (Å²) in [6.45, 7) is 0.674. The SMILES string of the molecule is CC1(c2cc(F)ccc2F)NC(=O)N(Cc2cccc(F)c2F)C1=O. The topological polar surface area (TPSA) is 49.4 Å². The lowest BCUT2D eigenvalue weighted by Gasteiger charge is -2.23. The van der Waals surface area contributed by atoms with E-state index in [9.17, 15) is 27.2 Å². The van der Waals surface area contributed by atoms with Crippen molar-refractivity contribution in [3.63, 3.8) is 0 Å². The van der Waals surface area contributed by atoms with Gasteiger partial charge < -0.3 is 5.32 Å². The molecule has 130 valence electrons. The van der Waals surface area contributed by atoms with Crippen molar-refractivity contribution >= 4 is 11.9 Å². The van der Waals surface area contributed by atoms with Crippen LogP contribution in [0.15, 0.2) is 36.4 Å². The highest BCUT2D eigenvalue weighted by Gasteiger charge is 2.50. The summed E-state index contributed by atoms with van der Waals surface area (Å²) in [5, 5.41) is 2.28. The van der Waals surface area contributed by atoms with E-state index >= 15 is 0 Å². The number of urea groups is 1. The summed E-state index contributed by atoms with van der Waals surface area (Å²) in [6, 6.07) is 4.96. The van der Waals surface area contributed by atoms with Crippen molar-refractivity contribution in [2.45, 2.75) is 19.0 Å². The predicted molar refractivity (Wildman–Crippen MR) is 79.1 cm³/mol. The second kappa shape index (κ2) is 5.87. The molecule has 1 aliphatic rings. The van der Waals surface area contributed by atoms with Crippen molar-refractivity contribution in [1.82, 2.24) is 10.2 Å². The summed E-state index contributed by atoms with van der Waals surface area (Å²) in [5.41, 5.74) is -2.42. The molecule has 4 nitrogen and oxygen atoms in total. The first-order valence-corrected chi connectivity index (χ1v) is 7.26. The monoisotopic (exact) mass is 352 g/mol. The van der Waals surface area contributed by atoms with Crippen LogP contribution in [0.1, 0.15) is 18.1 Å². The van der Waals surface area contributed by atoms with E-state index < -0.39 is 47.3 Å². The number of carbonyl (C=O) groups is 2. The van der Waals surface area contributed by atoms with Crippen molar-refractivity contribution in [3.8, 4) is 0 Å². The zero-order valence-electron chi connectivity index (χ0n) is 12.9. The Morgan fingerprint density at radius 1 is 1.04 bits per heavy atom. The second-order valence-electron chi connectivity index (χ2n) is 5.78. The fourth-order valence-corrected chi connectivity index (χ4v) is 2.74. The number of hydrogen-bond donors (Lipinski definition) is 1.